The first kappa shape index (κ1) is 20.3. The van der Waals surface area contributed by atoms with Crippen molar-refractivity contribution in [2.45, 2.75) is 6.18 Å². The van der Waals surface area contributed by atoms with Gasteiger partial charge in [0.25, 0.3) is 0 Å². The minimum absolute atomic E-state index is 0.00392. The van der Waals surface area contributed by atoms with Crippen LogP contribution in [0.15, 0.2) is 53.1 Å². The molecular formula is C21H17ClF3N3O2. The first-order chi connectivity index (χ1) is 14.3. The number of piperazine rings is 1. The molecule has 0 amide bonds. The highest BCUT2D eigenvalue weighted by atomic mass is 35.5. The van der Waals surface area contributed by atoms with E-state index in [1.807, 2.05) is 29.2 Å². The van der Waals surface area contributed by atoms with E-state index in [2.05, 4.69) is 9.88 Å². The number of alkyl halides is 3. The van der Waals surface area contributed by atoms with Crippen molar-refractivity contribution >= 4 is 29.4 Å². The van der Waals surface area contributed by atoms with Gasteiger partial charge in [0.2, 0.25) is 0 Å². The Morgan fingerprint density at radius 1 is 1.00 bits per heavy atom. The lowest BCUT2D eigenvalue weighted by atomic mass is 10.1. The number of hydrogen-bond acceptors (Lipinski definition) is 5. The summed E-state index contributed by atoms with van der Waals surface area (Å²) in [6.07, 6.45) is -2.99. The van der Waals surface area contributed by atoms with Crippen molar-refractivity contribution in [1.82, 2.24) is 4.98 Å². The number of furan rings is 1. The minimum atomic E-state index is -4.47. The van der Waals surface area contributed by atoms with Gasteiger partial charge in [-0.2, -0.15) is 13.2 Å². The number of nitrogens with zero attached hydrogens (tertiary/aromatic N) is 3. The Labute approximate surface area is 175 Å². The van der Waals surface area contributed by atoms with Gasteiger partial charge in [-0.1, -0.05) is 11.6 Å². The van der Waals surface area contributed by atoms with E-state index in [1.165, 1.54) is 0 Å². The normalized spacial score (nSPS) is 14.8. The summed E-state index contributed by atoms with van der Waals surface area (Å²) in [6.45, 7) is 2.52. The molecule has 9 heteroatoms. The molecule has 30 heavy (non-hydrogen) atoms. The third kappa shape index (κ3) is 4.14. The molecule has 0 N–H and O–H groups in total. The molecule has 1 aromatic carbocycles. The molecule has 0 spiro atoms. The average Bonchev–Trinajstić information content (AvgIpc) is 3.23. The molecular weight excluding hydrogens is 419 g/mol. The molecule has 0 radical (unpaired) electrons. The van der Waals surface area contributed by atoms with E-state index in [-0.39, 0.29) is 10.8 Å². The quantitative estimate of drug-likeness (QED) is 0.530. The predicted octanol–water partition coefficient (Wildman–Crippen LogP) is 5.15. The van der Waals surface area contributed by atoms with Crippen LogP contribution in [0, 0.1) is 0 Å². The number of carbonyl (C=O) groups excluding carboxylic acids is 1. The van der Waals surface area contributed by atoms with Crippen molar-refractivity contribution in [1.29, 1.82) is 0 Å². The Bertz CT molecular complexity index is 1040. The molecule has 0 saturated carbocycles. The fourth-order valence-corrected chi connectivity index (χ4v) is 3.69. The summed E-state index contributed by atoms with van der Waals surface area (Å²) in [5, 5.41) is -0.00392. The van der Waals surface area contributed by atoms with Gasteiger partial charge in [-0.3, -0.25) is 4.79 Å². The number of hydrogen-bond donors (Lipinski definition) is 0. The van der Waals surface area contributed by atoms with Crippen molar-refractivity contribution in [2.24, 2.45) is 0 Å². The van der Waals surface area contributed by atoms with Crippen LogP contribution < -0.4 is 9.80 Å². The Morgan fingerprint density at radius 3 is 2.23 bits per heavy atom. The summed E-state index contributed by atoms with van der Waals surface area (Å²) in [6, 6.07) is 12.1. The first-order valence-corrected chi connectivity index (χ1v) is 9.61. The van der Waals surface area contributed by atoms with Crippen LogP contribution in [0.2, 0.25) is 5.02 Å². The Morgan fingerprint density at radius 2 is 1.67 bits per heavy atom. The van der Waals surface area contributed by atoms with Crippen LogP contribution >= 0.6 is 11.6 Å². The second-order valence-corrected chi connectivity index (χ2v) is 7.28. The summed E-state index contributed by atoms with van der Waals surface area (Å²) >= 11 is 6.06. The predicted molar refractivity (Wildman–Crippen MR) is 108 cm³/mol. The van der Waals surface area contributed by atoms with Crippen LogP contribution in [0.4, 0.5) is 24.7 Å². The maximum atomic E-state index is 12.8. The van der Waals surface area contributed by atoms with Gasteiger partial charge in [-0.25, -0.2) is 4.98 Å². The van der Waals surface area contributed by atoms with Gasteiger partial charge < -0.3 is 14.2 Å². The van der Waals surface area contributed by atoms with Gasteiger partial charge in [0.15, 0.2) is 12.0 Å². The van der Waals surface area contributed by atoms with Gasteiger partial charge >= 0.3 is 6.18 Å². The number of aromatic nitrogens is 1. The van der Waals surface area contributed by atoms with Crippen LogP contribution in [0.5, 0.6) is 0 Å². The van der Waals surface area contributed by atoms with Gasteiger partial charge in [0, 0.05) is 43.6 Å². The summed E-state index contributed by atoms with van der Waals surface area (Å²) < 4.78 is 43.8. The lowest BCUT2D eigenvalue weighted by molar-refractivity contribution is -0.137. The van der Waals surface area contributed by atoms with Crippen molar-refractivity contribution in [3.05, 3.63) is 65.0 Å². The summed E-state index contributed by atoms with van der Waals surface area (Å²) in [5.74, 6) is 1.26. The van der Waals surface area contributed by atoms with Crippen LogP contribution in [0.3, 0.4) is 0 Å². The highest BCUT2D eigenvalue weighted by molar-refractivity contribution is 6.33. The molecule has 1 saturated heterocycles. The summed E-state index contributed by atoms with van der Waals surface area (Å²) in [7, 11) is 0. The Hall–Kier alpha value is -3.00. The largest absolute Gasteiger partial charge is 0.453 e. The molecule has 0 unspecified atom stereocenters. The molecule has 3 aromatic rings. The van der Waals surface area contributed by atoms with Crippen molar-refractivity contribution in [3.8, 4) is 11.3 Å². The van der Waals surface area contributed by atoms with Gasteiger partial charge in [0.1, 0.15) is 11.6 Å². The molecule has 156 valence electrons. The summed E-state index contributed by atoms with van der Waals surface area (Å²) in [4.78, 5) is 18.8. The number of rotatable bonds is 4. The van der Waals surface area contributed by atoms with E-state index in [0.29, 0.717) is 44.0 Å². The second-order valence-electron chi connectivity index (χ2n) is 6.87. The highest BCUT2D eigenvalue weighted by Gasteiger charge is 2.32. The van der Waals surface area contributed by atoms with Crippen molar-refractivity contribution in [3.63, 3.8) is 0 Å². The Balaban J connectivity index is 1.41. The zero-order chi connectivity index (χ0) is 21.3. The Kier molecular flexibility index (Phi) is 5.42. The standard InChI is InChI=1S/C21H17ClF3N3O2/c22-18-11-15(21(23,24)25)12-26-20(18)28-9-7-27(8-10-28)16-3-1-14(2-4-16)19-6-5-17(13-29)30-19/h1-6,11-13H,7-10H2. The summed E-state index contributed by atoms with van der Waals surface area (Å²) in [5.41, 5.74) is 1.03. The molecule has 0 bridgehead atoms. The second kappa shape index (κ2) is 8.02. The third-order valence-corrected chi connectivity index (χ3v) is 5.27. The number of halogens is 4. The number of carbonyl (C=O) groups is 1. The molecule has 2 aromatic heterocycles. The van der Waals surface area contributed by atoms with E-state index < -0.39 is 11.7 Å². The van der Waals surface area contributed by atoms with Crippen molar-refractivity contribution in [2.75, 3.05) is 36.0 Å². The fraction of sp³-hybridized carbons (Fsp3) is 0.238. The van der Waals surface area contributed by atoms with Gasteiger partial charge in [-0.05, 0) is 42.5 Å². The molecule has 0 aliphatic carbocycles. The van der Waals surface area contributed by atoms with E-state index in [1.54, 1.807) is 12.1 Å². The molecule has 1 aliphatic heterocycles. The molecule has 1 fully saturated rings. The van der Waals surface area contributed by atoms with E-state index >= 15 is 0 Å². The smallest absolute Gasteiger partial charge is 0.417 e. The number of aldehydes is 1. The van der Waals surface area contributed by atoms with E-state index in [4.69, 9.17) is 16.0 Å². The topological polar surface area (TPSA) is 49.6 Å². The van der Waals surface area contributed by atoms with E-state index in [9.17, 15) is 18.0 Å². The van der Waals surface area contributed by atoms with Crippen LogP contribution in [0.1, 0.15) is 16.1 Å². The zero-order valence-corrected chi connectivity index (χ0v) is 16.5. The minimum Gasteiger partial charge on any atom is -0.453 e. The molecule has 0 atom stereocenters. The monoisotopic (exact) mass is 435 g/mol. The third-order valence-electron chi connectivity index (χ3n) is 4.99. The van der Waals surface area contributed by atoms with Gasteiger partial charge in [-0.15, -0.1) is 0 Å². The van der Waals surface area contributed by atoms with Crippen LogP contribution in [-0.2, 0) is 6.18 Å². The molecule has 1 aliphatic rings. The zero-order valence-electron chi connectivity index (χ0n) is 15.7. The maximum Gasteiger partial charge on any atom is 0.417 e. The first-order valence-electron chi connectivity index (χ1n) is 9.23. The molecule has 4 rings (SSSR count). The van der Waals surface area contributed by atoms with E-state index in [0.717, 1.165) is 23.5 Å². The average molecular weight is 436 g/mol. The lowest BCUT2D eigenvalue weighted by Gasteiger charge is -2.37. The SMILES string of the molecule is O=Cc1ccc(-c2ccc(N3CCN(c4ncc(C(F)(F)F)cc4Cl)CC3)cc2)o1. The molecule has 5 nitrogen and oxygen atoms in total. The van der Waals surface area contributed by atoms with Crippen molar-refractivity contribution < 1.29 is 22.4 Å². The number of pyridine rings is 1. The van der Waals surface area contributed by atoms with Crippen LogP contribution in [0.25, 0.3) is 11.3 Å². The van der Waals surface area contributed by atoms with Crippen LogP contribution in [-0.4, -0.2) is 37.4 Å². The number of anilines is 2. The fourth-order valence-electron chi connectivity index (χ4n) is 3.40. The number of benzene rings is 1. The maximum absolute atomic E-state index is 12.8. The highest BCUT2D eigenvalue weighted by Crippen LogP contribution is 2.34. The lowest BCUT2D eigenvalue weighted by Crippen LogP contribution is -2.47. The van der Waals surface area contributed by atoms with Gasteiger partial charge in [0.05, 0.1) is 10.6 Å². The molecule has 3 heterocycles.